The fourth-order valence-electron chi connectivity index (χ4n) is 3.73. The Bertz CT molecular complexity index is 658. The molecule has 0 aromatic heterocycles. The molecule has 0 saturated heterocycles. The summed E-state index contributed by atoms with van der Waals surface area (Å²) in [6.07, 6.45) is 1.15. The van der Waals surface area contributed by atoms with Crippen LogP contribution in [0, 0.1) is 32.5 Å². The van der Waals surface area contributed by atoms with E-state index < -0.39 is 5.92 Å². The quantitative estimate of drug-likeness (QED) is 0.794. The number of hydrogen-bond donors (Lipinski definition) is 0. The maximum Gasteiger partial charge on any atom is 0.151 e. The van der Waals surface area contributed by atoms with Crippen LogP contribution in [0.4, 0.5) is 4.39 Å². The molecule has 4 heteroatoms. The summed E-state index contributed by atoms with van der Waals surface area (Å²) in [4.78, 5) is 36.7. The van der Waals surface area contributed by atoms with E-state index in [1.54, 1.807) is 19.9 Å². The van der Waals surface area contributed by atoms with Crippen molar-refractivity contribution in [2.75, 3.05) is 0 Å². The van der Waals surface area contributed by atoms with Gasteiger partial charge in [0.2, 0.25) is 0 Å². The Morgan fingerprint density at radius 1 is 1.13 bits per heavy atom. The summed E-state index contributed by atoms with van der Waals surface area (Å²) in [5, 5.41) is 0. The van der Waals surface area contributed by atoms with E-state index in [0.717, 1.165) is 11.1 Å². The molecule has 1 aliphatic carbocycles. The van der Waals surface area contributed by atoms with Crippen LogP contribution in [0.3, 0.4) is 0 Å². The second-order valence-electron chi connectivity index (χ2n) is 6.55. The zero-order valence-corrected chi connectivity index (χ0v) is 14.2. The fraction of sp³-hybridized carbons (Fsp3) is 0.526. The second-order valence-corrected chi connectivity index (χ2v) is 6.55. The number of benzene rings is 1. The lowest BCUT2D eigenvalue weighted by Crippen LogP contribution is -2.38. The minimum absolute atomic E-state index is 0.135. The smallest absolute Gasteiger partial charge is 0.151 e. The highest BCUT2D eigenvalue weighted by atomic mass is 19.1. The molecule has 124 valence electrons. The average Bonchev–Trinajstić information content (AvgIpc) is 2.44. The van der Waals surface area contributed by atoms with E-state index in [1.807, 2.05) is 13.8 Å². The van der Waals surface area contributed by atoms with Gasteiger partial charge in [-0.2, -0.15) is 0 Å². The first-order valence-electron chi connectivity index (χ1n) is 8.12. The molecular formula is C19H23FO3. The molecule has 0 unspecified atom stereocenters. The number of carbonyl (C=O) groups is 3. The van der Waals surface area contributed by atoms with Crippen molar-refractivity contribution in [3.8, 4) is 0 Å². The monoisotopic (exact) mass is 318 g/mol. The first-order chi connectivity index (χ1) is 10.8. The summed E-state index contributed by atoms with van der Waals surface area (Å²) in [5.74, 6) is -2.61. The Morgan fingerprint density at radius 2 is 1.70 bits per heavy atom. The standard InChI is InChI=1S/C19H23FO3/c1-5-6-14(21)18-15(22)8-13(9-16(18)23)17-10(2)7-11(3)19(20)12(17)4/h7,13,18H,5-6,8-9H2,1-4H3. The minimum Gasteiger partial charge on any atom is -0.298 e. The van der Waals surface area contributed by atoms with E-state index >= 15 is 0 Å². The molecule has 0 heterocycles. The number of Topliss-reactive ketones (excluding diaryl/α,β-unsaturated/α-hetero) is 3. The first-order valence-corrected chi connectivity index (χ1v) is 8.12. The molecule has 3 nitrogen and oxygen atoms in total. The summed E-state index contributed by atoms with van der Waals surface area (Å²) in [5.41, 5.74) is 2.71. The molecule has 2 rings (SSSR count). The van der Waals surface area contributed by atoms with Crippen LogP contribution in [0.15, 0.2) is 6.07 Å². The van der Waals surface area contributed by atoms with Gasteiger partial charge in [-0.3, -0.25) is 14.4 Å². The number of carbonyl (C=O) groups excluding carboxylic acids is 3. The van der Waals surface area contributed by atoms with Crippen molar-refractivity contribution in [2.24, 2.45) is 5.92 Å². The van der Waals surface area contributed by atoms with Crippen molar-refractivity contribution >= 4 is 17.3 Å². The number of aryl methyl sites for hydroxylation is 2. The molecule has 1 saturated carbocycles. The van der Waals surface area contributed by atoms with Gasteiger partial charge in [0.05, 0.1) is 0 Å². The topological polar surface area (TPSA) is 51.2 Å². The fourth-order valence-corrected chi connectivity index (χ4v) is 3.73. The lowest BCUT2D eigenvalue weighted by molar-refractivity contribution is -0.142. The normalized spacial score (nSPS) is 21.6. The van der Waals surface area contributed by atoms with Gasteiger partial charge in [-0.15, -0.1) is 0 Å². The molecule has 0 amide bonds. The molecule has 0 aliphatic heterocycles. The average molecular weight is 318 g/mol. The third-order valence-electron chi connectivity index (χ3n) is 4.70. The van der Waals surface area contributed by atoms with Crippen LogP contribution < -0.4 is 0 Å². The van der Waals surface area contributed by atoms with Crippen LogP contribution in [0.2, 0.25) is 0 Å². The Balaban J connectivity index is 2.33. The Morgan fingerprint density at radius 3 is 2.22 bits per heavy atom. The van der Waals surface area contributed by atoms with E-state index in [9.17, 15) is 18.8 Å². The number of ketones is 3. The van der Waals surface area contributed by atoms with Crippen molar-refractivity contribution in [2.45, 2.75) is 59.3 Å². The summed E-state index contributed by atoms with van der Waals surface area (Å²) in [6, 6.07) is 1.75. The second kappa shape index (κ2) is 6.73. The van der Waals surface area contributed by atoms with Gasteiger partial charge in [0, 0.05) is 19.3 Å². The summed E-state index contributed by atoms with van der Waals surface area (Å²) >= 11 is 0. The molecule has 1 fully saturated rings. The van der Waals surface area contributed by atoms with Crippen LogP contribution in [-0.4, -0.2) is 17.3 Å². The van der Waals surface area contributed by atoms with Crippen molar-refractivity contribution < 1.29 is 18.8 Å². The van der Waals surface area contributed by atoms with Crippen LogP contribution >= 0.6 is 0 Å². The Kier molecular flexibility index (Phi) is 5.12. The number of rotatable bonds is 4. The molecule has 0 radical (unpaired) electrons. The molecule has 0 atom stereocenters. The largest absolute Gasteiger partial charge is 0.298 e. The van der Waals surface area contributed by atoms with Gasteiger partial charge >= 0.3 is 0 Å². The van der Waals surface area contributed by atoms with Gasteiger partial charge in [0.15, 0.2) is 17.3 Å². The van der Waals surface area contributed by atoms with E-state index in [4.69, 9.17) is 0 Å². The first kappa shape index (κ1) is 17.5. The lowest BCUT2D eigenvalue weighted by Gasteiger charge is -2.28. The molecule has 1 aromatic rings. The van der Waals surface area contributed by atoms with Gasteiger partial charge in [-0.25, -0.2) is 4.39 Å². The van der Waals surface area contributed by atoms with Crippen molar-refractivity contribution in [3.63, 3.8) is 0 Å². The van der Waals surface area contributed by atoms with Crippen LogP contribution in [0.1, 0.15) is 60.8 Å². The molecule has 1 aromatic carbocycles. The maximum absolute atomic E-state index is 14.2. The Hall–Kier alpha value is -1.84. The van der Waals surface area contributed by atoms with Gasteiger partial charge in [0.1, 0.15) is 11.7 Å². The van der Waals surface area contributed by atoms with Crippen molar-refractivity contribution in [1.82, 2.24) is 0 Å². The lowest BCUT2D eigenvalue weighted by atomic mass is 9.73. The minimum atomic E-state index is -1.10. The van der Waals surface area contributed by atoms with Crippen LogP contribution in [0.5, 0.6) is 0 Å². The molecule has 0 N–H and O–H groups in total. The summed E-state index contributed by atoms with van der Waals surface area (Å²) < 4.78 is 14.2. The third-order valence-corrected chi connectivity index (χ3v) is 4.70. The van der Waals surface area contributed by atoms with E-state index in [2.05, 4.69) is 0 Å². The molecule has 1 aliphatic rings. The van der Waals surface area contributed by atoms with Gasteiger partial charge < -0.3 is 0 Å². The van der Waals surface area contributed by atoms with Crippen LogP contribution in [-0.2, 0) is 14.4 Å². The maximum atomic E-state index is 14.2. The molecule has 0 spiro atoms. The van der Waals surface area contributed by atoms with Gasteiger partial charge in [-0.1, -0.05) is 13.0 Å². The summed E-state index contributed by atoms with van der Waals surface area (Å²) in [6.45, 7) is 7.11. The van der Waals surface area contributed by atoms with Gasteiger partial charge in [-0.05, 0) is 55.4 Å². The zero-order chi connectivity index (χ0) is 17.3. The highest BCUT2D eigenvalue weighted by Gasteiger charge is 2.40. The Labute approximate surface area is 136 Å². The summed E-state index contributed by atoms with van der Waals surface area (Å²) in [7, 11) is 0. The van der Waals surface area contributed by atoms with E-state index in [0.29, 0.717) is 17.5 Å². The molecular weight excluding hydrogens is 295 g/mol. The predicted octanol–water partition coefficient (Wildman–Crippen LogP) is 3.75. The van der Waals surface area contributed by atoms with Crippen molar-refractivity contribution in [3.05, 3.63) is 34.1 Å². The van der Waals surface area contributed by atoms with E-state index in [1.165, 1.54) is 0 Å². The number of hydrogen-bond acceptors (Lipinski definition) is 3. The SMILES string of the molecule is CCCC(=O)C1C(=O)CC(c2c(C)cc(C)c(F)c2C)CC1=O. The number of halogens is 1. The van der Waals surface area contributed by atoms with Crippen molar-refractivity contribution in [1.29, 1.82) is 0 Å². The molecule has 23 heavy (non-hydrogen) atoms. The highest BCUT2D eigenvalue weighted by Crippen LogP contribution is 2.37. The predicted molar refractivity (Wildman–Crippen MR) is 86.0 cm³/mol. The highest BCUT2D eigenvalue weighted by molar-refractivity contribution is 6.21. The van der Waals surface area contributed by atoms with Crippen LogP contribution in [0.25, 0.3) is 0 Å². The van der Waals surface area contributed by atoms with Gasteiger partial charge in [0.25, 0.3) is 0 Å². The third kappa shape index (κ3) is 3.26. The molecule has 0 bridgehead atoms. The zero-order valence-electron chi connectivity index (χ0n) is 14.2. The van der Waals surface area contributed by atoms with E-state index in [-0.39, 0.29) is 48.3 Å².